The summed E-state index contributed by atoms with van der Waals surface area (Å²) < 4.78 is 0. The van der Waals surface area contributed by atoms with Crippen LogP contribution in [0.1, 0.15) is 31.7 Å². The van der Waals surface area contributed by atoms with Crippen LogP contribution in [0.25, 0.3) is 0 Å². The molecule has 0 aromatic heterocycles. The van der Waals surface area contributed by atoms with Crippen LogP contribution < -0.4 is 10.2 Å². The maximum atomic E-state index is 12.9. The summed E-state index contributed by atoms with van der Waals surface area (Å²) in [6, 6.07) is 8.07. The number of benzene rings is 1. The topological polar surface area (TPSA) is 32.3 Å². The number of carbonyl (C=O) groups is 1. The normalized spacial score (nSPS) is 23.1. The van der Waals surface area contributed by atoms with Crippen molar-refractivity contribution in [1.82, 2.24) is 5.32 Å². The van der Waals surface area contributed by atoms with Gasteiger partial charge in [-0.3, -0.25) is 4.79 Å². The van der Waals surface area contributed by atoms with Crippen LogP contribution >= 0.6 is 0 Å². The predicted octanol–water partition coefficient (Wildman–Crippen LogP) is 2.74. The summed E-state index contributed by atoms with van der Waals surface area (Å²) in [5, 5.41) is 3.38. The SMILES string of the molecule is CCC1(C(=O)N(C)c2ccccc2C)CCCNC1. The van der Waals surface area contributed by atoms with E-state index in [9.17, 15) is 4.79 Å². The maximum absolute atomic E-state index is 12.9. The lowest BCUT2D eigenvalue weighted by Crippen LogP contribution is -2.51. The number of hydrogen-bond donors (Lipinski definition) is 1. The van der Waals surface area contributed by atoms with Gasteiger partial charge in [-0.05, 0) is 44.4 Å². The Hall–Kier alpha value is -1.35. The van der Waals surface area contributed by atoms with Crippen molar-refractivity contribution in [2.24, 2.45) is 5.41 Å². The molecule has 0 bridgehead atoms. The summed E-state index contributed by atoms with van der Waals surface area (Å²) in [7, 11) is 1.90. The van der Waals surface area contributed by atoms with E-state index >= 15 is 0 Å². The number of nitrogens with zero attached hydrogens (tertiary/aromatic N) is 1. The van der Waals surface area contributed by atoms with Gasteiger partial charge in [0.25, 0.3) is 0 Å². The fourth-order valence-electron chi connectivity index (χ4n) is 3.01. The highest BCUT2D eigenvalue weighted by Gasteiger charge is 2.40. The number of rotatable bonds is 3. The van der Waals surface area contributed by atoms with E-state index < -0.39 is 0 Å². The highest BCUT2D eigenvalue weighted by atomic mass is 16.2. The third kappa shape index (κ3) is 2.66. The van der Waals surface area contributed by atoms with Gasteiger partial charge in [0.1, 0.15) is 0 Å². The molecule has 1 heterocycles. The minimum Gasteiger partial charge on any atom is -0.316 e. The number of piperidine rings is 1. The maximum Gasteiger partial charge on any atom is 0.234 e. The number of amides is 1. The monoisotopic (exact) mass is 260 g/mol. The molecular formula is C16H24N2O. The highest BCUT2D eigenvalue weighted by Crippen LogP contribution is 2.34. The molecule has 3 nitrogen and oxygen atoms in total. The van der Waals surface area contributed by atoms with Gasteiger partial charge in [-0.25, -0.2) is 0 Å². The first-order valence-electron chi connectivity index (χ1n) is 7.15. The molecule has 1 amide bonds. The molecule has 1 N–H and O–H groups in total. The van der Waals surface area contributed by atoms with Crippen molar-refractivity contribution < 1.29 is 4.79 Å². The number of anilines is 1. The van der Waals surface area contributed by atoms with Gasteiger partial charge < -0.3 is 10.2 Å². The Labute approximate surface area is 116 Å². The van der Waals surface area contributed by atoms with Gasteiger partial charge in [-0.1, -0.05) is 25.1 Å². The third-order valence-electron chi connectivity index (χ3n) is 4.38. The average molecular weight is 260 g/mol. The molecule has 3 heteroatoms. The zero-order valence-corrected chi connectivity index (χ0v) is 12.2. The second-order valence-corrected chi connectivity index (χ2v) is 5.56. The Balaban J connectivity index is 2.25. The summed E-state index contributed by atoms with van der Waals surface area (Å²) in [6.07, 6.45) is 2.97. The predicted molar refractivity (Wildman–Crippen MR) is 79.4 cm³/mol. The van der Waals surface area contributed by atoms with Gasteiger partial charge >= 0.3 is 0 Å². The van der Waals surface area contributed by atoms with E-state index in [-0.39, 0.29) is 11.3 Å². The Bertz CT molecular complexity index is 450. The highest BCUT2D eigenvalue weighted by molar-refractivity contribution is 5.98. The molecule has 0 aliphatic carbocycles. The van der Waals surface area contributed by atoms with Gasteiger partial charge in [0, 0.05) is 19.3 Å². The minimum atomic E-state index is -0.227. The number of para-hydroxylation sites is 1. The molecule has 0 spiro atoms. The fourth-order valence-corrected chi connectivity index (χ4v) is 3.01. The van der Waals surface area contributed by atoms with Crippen molar-refractivity contribution in [3.8, 4) is 0 Å². The number of nitrogens with one attached hydrogen (secondary N) is 1. The van der Waals surface area contributed by atoms with Crippen molar-refractivity contribution in [3.63, 3.8) is 0 Å². The largest absolute Gasteiger partial charge is 0.316 e. The van der Waals surface area contributed by atoms with Crippen LogP contribution in [0.5, 0.6) is 0 Å². The number of aryl methyl sites for hydroxylation is 1. The summed E-state index contributed by atoms with van der Waals surface area (Å²) in [5.74, 6) is 0.247. The van der Waals surface area contributed by atoms with Crippen LogP contribution in [0.2, 0.25) is 0 Å². The third-order valence-corrected chi connectivity index (χ3v) is 4.38. The van der Waals surface area contributed by atoms with Crippen molar-refractivity contribution in [2.45, 2.75) is 33.1 Å². The molecule has 1 atom stereocenters. The summed E-state index contributed by atoms with van der Waals surface area (Å²) in [6.45, 7) is 6.01. The molecule has 1 fully saturated rings. The van der Waals surface area contributed by atoms with E-state index in [2.05, 4.69) is 25.2 Å². The van der Waals surface area contributed by atoms with Crippen LogP contribution in [-0.4, -0.2) is 26.0 Å². The van der Waals surface area contributed by atoms with Crippen LogP contribution in [0.15, 0.2) is 24.3 Å². The second kappa shape index (κ2) is 5.74. The zero-order valence-electron chi connectivity index (χ0n) is 12.2. The molecule has 2 rings (SSSR count). The second-order valence-electron chi connectivity index (χ2n) is 5.56. The molecule has 0 radical (unpaired) electrons. The van der Waals surface area contributed by atoms with Crippen LogP contribution in [0.4, 0.5) is 5.69 Å². The molecular weight excluding hydrogens is 236 g/mol. The van der Waals surface area contributed by atoms with Gasteiger partial charge in [0.05, 0.1) is 5.41 Å². The first-order valence-corrected chi connectivity index (χ1v) is 7.15. The minimum absolute atomic E-state index is 0.227. The molecule has 1 unspecified atom stereocenters. The standard InChI is InChI=1S/C16H24N2O/c1-4-16(10-7-11-17-12-16)15(19)18(3)14-9-6-5-8-13(14)2/h5-6,8-9,17H,4,7,10-12H2,1-3H3. The van der Waals surface area contributed by atoms with Crippen molar-refractivity contribution >= 4 is 11.6 Å². The Morgan fingerprint density at radius 2 is 2.16 bits per heavy atom. The van der Waals surface area contributed by atoms with Crippen LogP contribution in [0, 0.1) is 12.3 Å². The smallest absolute Gasteiger partial charge is 0.234 e. The van der Waals surface area contributed by atoms with E-state index in [1.807, 2.05) is 30.1 Å². The van der Waals surface area contributed by atoms with E-state index in [1.165, 1.54) is 0 Å². The Morgan fingerprint density at radius 3 is 2.74 bits per heavy atom. The van der Waals surface area contributed by atoms with Crippen molar-refractivity contribution in [3.05, 3.63) is 29.8 Å². The van der Waals surface area contributed by atoms with Crippen molar-refractivity contribution in [1.29, 1.82) is 0 Å². The summed E-state index contributed by atoms with van der Waals surface area (Å²) >= 11 is 0. The van der Waals surface area contributed by atoms with E-state index in [4.69, 9.17) is 0 Å². The zero-order chi connectivity index (χ0) is 13.9. The molecule has 1 aliphatic rings. The summed E-state index contributed by atoms with van der Waals surface area (Å²) in [5.41, 5.74) is 1.94. The van der Waals surface area contributed by atoms with Crippen molar-refractivity contribution in [2.75, 3.05) is 25.0 Å². The molecule has 1 aliphatic heterocycles. The molecule has 0 saturated carbocycles. The lowest BCUT2D eigenvalue weighted by Gasteiger charge is -2.38. The van der Waals surface area contributed by atoms with Gasteiger partial charge in [0.15, 0.2) is 0 Å². The molecule has 104 valence electrons. The first-order chi connectivity index (χ1) is 9.10. The van der Waals surface area contributed by atoms with Gasteiger partial charge in [-0.15, -0.1) is 0 Å². The van der Waals surface area contributed by atoms with Gasteiger partial charge in [0.2, 0.25) is 5.91 Å². The first kappa shape index (κ1) is 14.1. The lowest BCUT2D eigenvalue weighted by atomic mass is 9.77. The number of hydrogen-bond acceptors (Lipinski definition) is 2. The molecule has 19 heavy (non-hydrogen) atoms. The fraction of sp³-hybridized carbons (Fsp3) is 0.562. The Morgan fingerprint density at radius 1 is 1.42 bits per heavy atom. The Kier molecular flexibility index (Phi) is 4.25. The molecule has 1 aromatic carbocycles. The van der Waals surface area contributed by atoms with Gasteiger partial charge in [-0.2, -0.15) is 0 Å². The number of carbonyl (C=O) groups excluding carboxylic acids is 1. The van der Waals surface area contributed by atoms with E-state index in [1.54, 1.807) is 0 Å². The lowest BCUT2D eigenvalue weighted by molar-refractivity contribution is -0.129. The van der Waals surface area contributed by atoms with Crippen LogP contribution in [-0.2, 0) is 4.79 Å². The van der Waals surface area contributed by atoms with E-state index in [0.29, 0.717) is 0 Å². The average Bonchev–Trinajstić information content (AvgIpc) is 2.47. The van der Waals surface area contributed by atoms with Crippen LogP contribution in [0.3, 0.4) is 0 Å². The quantitative estimate of drug-likeness (QED) is 0.906. The van der Waals surface area contributed by atoms with E-state index in [0.717, 1.165) is 43.6 Å². The molecule has 1 saturated heterocycles. The summed E-state index contributed by atoms with van der Waals surface area (Å²) in [4.78, 5) is 14.7. The molecule has 1 aromatic rings.